The molecule has 4 N–H and O–H groups in total. The van der Waals surface area contributed by atoms with E-state index in [2.05, 4.69) is 27.7 Å². The molecular formula is C40H58N2O4. The predicted molar refractivity (Wildman–Crippen MR) is 184 cm³/mol. The topological polar surface area (TPSA) is 96.8 Å². The van der Waals surface area contributed by atoms with Crippen LogP contribution in [0.25, 0.3) is 0 Å². The predicted octanol–water partition coefficient (Wildman–Crippen LogP) is 9.38. The maximum absolute atomic E-state index is 13.1. The number of esters is 1. The number of carbonyl (C=O) groups is 1. The Bertz CT molecular complexity index is 1350. The molecule has 0 heterocycles. The van der Waals surface area contributed by atoms with Crippen LogP contribution in [0.2, 0.25) is 0 Å². The normalized spacial score (nSPS) is 35.3. The van der Waals surface area contributed by atoms with Crippen LogP contribution in [0, 0.1) is 46.3 Å². The summed E-state index contributed by atoms with van der Waals surface area (Å²) in [6.07, 6.45) is 14.5. The van der Waals surface area contributed by atoms with Crippen molar-refractivity contribution in [2.75, 3.05) is 11.5 Å². The van der Waals surface area contributed by atoms with Gasteiger partial charge >= 0.3 is 5.97 Å². The number of hydrogen-bond donors (Lipinski definition) is 2. The van der Waals surface area contributed by atoms with E-state index in [1.54, 1.807) is 18.2 Å². The monoisotopic (exact) mass is 630 g/mol. The number of nitrogen functional groups attached to an aromatic ring is 2. The van der Waals surface area contributed by atoms with E-state index in [1.807, 2.05) is 30.3 Å². The number of hydrogen-bond acceptors (Lipinski definition) is 6. The molecule has 4 aliphatic carbocycles. The molecule has 4 fully saturated rings. The molecule has 9 atom stereocenters. The van der Waals surface area contributed by atoms with Crippen molar-refractivity contribution >= 4 is 17.3 Å². The molecule has 4 aliphatic rings. The summed E-state index contributed by atoms with van der Waals surface area (Å²) in [6.45, 7) is 10.2. The molecule has 2 aromatic rings. The minimum absolute atomic E-state index is 0.0337. The standard InChI is InChI=1S/C40H58N2O4/c1-26(2)9-5-6-12-29-15-16-34-33-24-37(46-44-25-27-10-7-13-30(41)21-27)36-23-32(45-38(43)28-11-8-14-31(42)22-28)17-19-40(36,4)35(33)18-20-39(29,34)3/h7-8,10-11,13-14,21-22,26,29,32-37H,5-6,9,12,15-20,23-25,41-42H2,1-4H3. The molecule has 9 unspecified atom stereocenters. The molecule has 6 heteroatoms. The molecule has 6 rings (SSSR count). The number of unbranched alkanes of at least 4 members (excludes halogenated alkanes) is 1. The Hall–Kier alpha value is -2.57. The van der Waals surface area contributed by atoms with Crippen LogP contribution >= 0.6 is 0 Å². The highest BCUT2D eigenvalue weighted by atomic mass is 17.2. The lowest BCUT2D eigenvalue weighted by Crippen LogP contribution is -2.59. The van der Waals surface area contributed by atoms with E-state index in [-0.39, 0.29) is 29.5 Å². The highest BCUT2D eigenvalue weighted by molar-refractivity contribution is 5.90. The third-order valence-corrected chi connectivity index (χ3v) is 13.2. The minimum Gasteiger partial charge on any atom is -0.459 e. The highest BCUT2D eigenvalue weighted by Gasteiger charge is 2.62. The van der Waals surface area contributed by atoms with Gasteiger partial charge in [0.1, 0.15) is 12.7 Å². The molecule has 0 spiro atoms. The molecule has 0 radical (unpaired) electrons. The van der Waals surface area contributed by atoms with Gasteiger partial charge in [0.25, 0.3) is 0 Å². The van der Waals surface area contributed by atoms with Crippen LogP contribution in [0.1, 0.15) is 121 Å². The average Bonchev–Trinajstić information content (AvgIpc) is 3.36. The Labute approximate surface area is 277 Å². The summed E-state index contributed by atoms with van der Waals surface area (Å²) in [5.74, 6) is 3.69. The van der Waals surface area contributed by atoms with Gasteiger partial charge in [-0.05, 0) is 140 Å². The Morgan fingerprint density at radius 3 is 2.37 bits per heavy atom. The molecule has 4 saturated carbocycles. The first-order chi connectivity index (χ1) is 22.1. The first-order valence-corrected chi connectivity index (χ1v) is 18.3. The van der Waals surface area contributed by atoms with Gasteiger partial charge in [-0.25, -0.2) is 14.6 Å². The van der Waals surface area contributed by atoms with Crippen LogP contribution < -0.4 is 11.5 Å². The number of nitrogens with two attached hydrogens (primary N) is 2. The average molecular weight is 631 g/mol. The summed E-state index contributed by atoms with van der Waals surface area (Å²) in [6, 6.07) is 14.9. The van der Waals surface area contributed by atoms with Crippen molar-refractivity contribution in [3.05, 3.63) is 59.7 Å². The molecule has 6 nitrogen and oxygen atoms in total. The minimum atomic E-state index is -0.288. The van der Waals surface area contributed by atoms with Crippen molar-refractivity contribution in [3.63, 3.8) is 0 Å². The van der Waals surface area contributed by atoms with E-state index in [9.17, 15) is 4.79 Å². The fourth-order valence-electron chi connectivity index (χ4n) is 10.7. The summed E-state index contributed by atoms with van der Waals surface area (Å²) in [7, 11) is 0. The number of ether oxygens (including phenoxy) is 1. The fraction of sp³-hybridized carbons (Fsp3) is 0.675. The zero-order valence-corrected chi connectivity index (χ0v) is 28.7. The van der Waals surface area contributed by atoms with E-state index in [0.29, 0.717) is 35.1 Å². The third-order valence-electron chi connectivity index (χ3n) is 13.2. The van der Waals surface area contributed by atoms with Crippen molar-refractivity contribution in [1.29, 1.82) is 0 Å². The molecule has 0 aliphatic heterocycles. The number of carbonyl (C=O) groups excluding carboxylic acids is 1. The fourth-order valence-corrected chi connectivity index (χ4v) is 10.7. The second kappa shape index (κ2) is 13.9. The van der Waals surface area contributed by atoms with E-state index >= 15 is 0 Å². The number of fused-ring (bicyclic) bond motifs is 5. The van der Waals surface area contributed by atoms with E-state index < -0.39 is 0 Å². The summed E-state index contributed by atoms with van der Waals surface area (Å²) >= 11 is 0. The lowest BCUT2D eigenvalue weighted by atomic mass is 9.44. The van der Waals surface area contributed by atoms with Gasteiger partial charge in [-0.3, -0.25) is 0 Å². The third kappa shape index (κ3) is 6.85. The Balaban J connectivity index is 1.19. The number of rotatable bonds is 11. The molecule has 2 aromatic carbocycles. The zero-order valence-electron chi connectivity index (χ0n) is 28.7. The van der Waals surface area contributed by atoms with Crippen molar-refractivity contribution in [2.45, 2.75) is 124 Å². The summed E-state index contributed by atoms with van der Waals surface area (Å²) < 4.78 is 6.15. The van der Waals surface area contributed by atoms with Crippen molar-refractivity contribution < 1.29 is 19.3 Å². The Kier molecular flexibility index (Phi) is 10.1. The van der Waals surface area contributed by atoms with Gasteiger partial charge in [-0.1, -0.05) is 65.2 Å². The van der Waals surface area contributed by atoms with Crippen LogP contribution in [0.15, 0.2) is 48.5 Å². The van der Waals surface area contributed by atoms with Gasteiger partial charge in [0.05, 0.1) is 11.7 Å². The Morgan fingerprint density at radius 1 is 0.870 bits per heavy atom. The quantitative estimate of drug-likeness (QED) is 0.0844. The van der Waals surface area contributed by atoms with Crippen molar-refractivity contribution in [3.8, 4) is 0 Å². The van der Waals surface area contributed by atoms with Gasteiger partial charge in [0.15, 0.2) is 0 Å². The van der Waals surface area contributed by atoms with Gasteiger partial charge in [-0.15, -0.1) is 0 Å². The van der Waals surface area contributed by atoms with Crippen LogP contribution in [-0.2, 0) is 21.1 Å². The second-order valence-electron chi connectivity index (χ2n) is 16.3. The maximum Gasteiger partial charge on any atom is 0.338 e. The molecule has 0 bridgehead atoms. The molecular weight excluding hydrogens is 572 g/mol. The van der Waals surface area contributed by atoms with Gasteiger partial charge < -0.3 is 16.2 Å². The van der Waals surface area contributed by atoms with Gasteiger partial charge in [-0.2, -0.15) is 0 Å². The van der Waals surface area contributed by atoms with Gasteiger partial charge in [0.2, 0.25) is 0 Å². The zero-order chi connectivity index (χ0) is 32.5. The lowest BCUT2D eigenvalue weighted by Gasteiger charge is -2.62. The Morgan fingerprint density at radius 2 is 1.61 bits per heavy atom. The smallest absolute Gasteiger partial charge is 0.338 e. The SMILES string of the molecule is CC(C)CCCCC1CCC2C3CC(OOCc4cccc(N)c4)C4CC(OC(=O)c5cccc(N)c5)CCC4(C)C3CCC12C. The summed E-state index contributed by atoms with van der Waals surface area (Å²) in [5.41, 5.74) is 15.4. The number of anilines is 2. The maximum atomic E-state index is 13.1. The van der Waals surface area contributed by atoms with Crippen LogP contribution in [0.3, 0.4) is 0 Å². The largest absolute Gasteiger partial charge is 0.459 e. The summed E-state index contributed by atoms with van der Waals surface area (Å²) in [4.78, 5) is 25.7. The second-order valence-corrected chi connectivity index (χ2v) is 16.3. The van der Waals surface area contributed by atoms with Crippen LogP contribution in [-0.4, -0.2) is 18.2 Å². The first-order valence-electron chi connectivity index (χ1n) is 18.3. The molecule has 0 amide bonds. The molecule has 0 saturated heterocycles. The molecule has 0 aromatic heterocycles. The van der Waals surface area contributed by atoms with E-state index in [0.717, 1.165) is 54.7 Å². The highest BCUT2D eigenvalue weighted by Crippen LogP contribution is 2.68. The van der Waals surface area contributed by atoms with Crippen molar-refractivity contribution in [2.24, 2.45) is 46.3 Å². The molecule has 46 heavy (non-hydrogen) atoms. The van der Waals surface area contributed by atoms with Crippen LogP contribution in [0.4, 0.5) is 11.4 Å². The lowest BCUT2D eigenvalue weighted by molar-refractivity contribution is -0.365. The van der Waals surface area contributed by atoms with E-state index in [4.69, 9.17) is 26.0 Å². The van der Waals surface area contributed by atoms with Gasteiger partial charge in [0, 0.05) is 11.4 Å². The van der Waals surface area contributed by atoms with Crippen LogP contribution in [0.5, 0.6) is 0 Å². The van der Waals surface area contributed by atoms with Crippen molar-refractivity contribution in [1.82, 2.24) is 0 Å². The summed E-state index contributed by atoms with van der Waals surface area (Å²) in [5, 5.41) is 0. The van der Waals surface area contributed by atoms with E-state index in [1.165, 1.54) is 51.4 Å². The molecule has 252 valence electrons. The first kappa shape index (κ1) is 33.3. The number of benzene rings is 2.